The zero-order valence-electron chi connectivity index (χ0n) is 12.4. The summed E-state index contributed by atoms with van der Waals surface area (Å²) in [5.74, 6) is 0.739. The molecule has 21 heavy (non-hydrogen) atoms. The van der Waals surface area contributed by atoms with Crippen molar-refractivity contribution in [2.24, 2.45) is 5.92 Å². The number of hydrogen-bond donors (Lipinski definition) is 2. The van der Waals surface area contributed by atoms with Crippen LogP contribution in [0.25, 0.3) is 10.9 Å². The molecule has 1 aliphatic rings. The summed E-state index contributed by atoms with van der Waals surface area (Å²) >= 11 is 0. The number of nitrogens with one attached hydrogen (secondary N) is 2. The first-order valence-electron chi connectivity index (χ1n) is 7.66. The van der Waals surface area contributed by atoms with Gasteiger partial charge in [0, 0.05) is 25.0 Å². The van der Waals surface area contributed by atoms with Crippen molar-refractivity contribution in [3.05, 3.63) is 30.0 Å². The predicted octanol–water partition coefficient (Wildman–Crippen LogP) is 2.02. The number of nitrogens with zero attached hydrogens (tertiary/aromatic N) is 2. The summed E-state index contributed by atoms with van der Waals surface area (Å²) < 4.78 is 0. The molecule has 5 nitrogen and oxygen atoms in total. The van der Waals surface area contributed by atoms with Crippen molar-refractivity contribution in [3.63, 3.8) is 0 Å². The van der Waals surface area contributed by atoms with E-state index in [1.807, 2.05) is 18.2 Å². The third-order valence-electron chi connectivity index (χ3n) is 4.18. The SMILES string of the molecule is CC1CCCN(CCNC(=O)c2cccc3cn[nH]c23)C1. The van der Waals surface area contributed by atoms with E-state index in [2.05, 4.69) is 27.3 Å². The number of hydrogen-bond acceptors (Lipinski definition) is 3. The Morgan fingerprint density at radius 2 is 2.43 bits per heavy atom. The Bertz CT molecular complexity index is 622. The first-order valence-corrected chi connectivity index (χ1v) is 7.66. The molecule has 0 bridgehead atoms. The first kappa shape index (κ1) is 14.1. The molecule has 1 aromatic heterocycles. The van der Waals surface area contributed by atoms with Crippen LogP contribution in [0.5, 0.6) is 0 Å². The van der Waals surface area contributed by atoms with Gasteiger partial charge in [-0.05, 0) is 31.4 Å². The van der Waals surface area contributed by atoms with Gasteiger partial charge in [0.15, 0.2) is 0 Å². The van der Waals surface area contributed by atoms with E-state index in [4.69, 9.17) is 0 Å². The normalized spacial score (nSPS) is 19.8. The molecular weight excluding hydrogens is 264 g/mol. The lowest BCUT2D eigenvalue weighted by atomic mass is 10.0. The molecular formula is C16H22N4O. The molecule has 1 atom stereocenters. The van der Waals surface area contributed by atoms with E-state index < -0.39 is 0 Å². The largest absolute Gasteiger partial charge is 0.351 e. The average Bonchev–Trinajstić information content (AvgIpc) is 2.95. The Hall–Kier alpha value is -1.88. The second-order valence-electron chi connectivity index (χ2n) is 5.94. The molecule has 0 radical (unpaired) electrons. The van der Waals surface area contributed by atoms with Crippen LogP contribution < -0.4 is 5.32 Å². The predicted molar refractivity (Wildman–Crippen MR) is 83.3 cm³/mol. The average molecular weight is 286 g/mol. The van der Waals surface area contributed by atoms with Gasteiger partial charge in [0.05, 0.1) is 17.3 Å². The molecule has 1 fully saturated rings. The van der Waals surface area contributed by atoms with Crippen LogP contribution >= 0.6 is 0 Å². The zero-order chi connectivity index (χ0) is 14.7. The third-order valence-corrected chi connectivity index (χ3v) is 4.18. The van der Waals surface area contributed by atoms with Crippen molar-refractivity contribution in [2.75, 3.05) is 26.2 Å². The standard InChI is InChI=1S/C16H22N4O/c1-12-4-3-8-20(11-12)9-7-17-16(21)14-6-2-5-13-10-18-19-15(13)14/h2,5-6,10,12H,3-4,7-9,11H2,1H3,(H,17,21)(H,18,19). The van der Waals surface area contributed by atoms with E-state index in [1.54, 1.807) is 6.20 Å². The van der Waals surface area contributed by atoms with Gasteiger partial charge in [0.2, 0.25) is 0 Å². The number of rotatable bonds is 4. The van der Waals surface area contributed by atoms with Crippen LogP contribution in [0.15, 0.2) is 24.4 Å². The Morgan fingerprint density at radius 3 is 3.29 bits per heavy atom. The van der Waals surface area contributed by atoms with Crippen LogP contribution in [0.4, 0.5) is 0 Å². The van der Waals surface area contributed by atoms with E-state index in [1.165, 1.54) is 12.8 Å². The summed E-state index contributed by atoms with van der Waals surface area (Å²) in [7, 11) is 0. The quantitative estimate of drug-likeness (QED) is 0.904. The maximum atomic E-state index is 12.3. The number of carbonyl (C=O) groups excluding carboxylic acids is 1. The minimum absolute atomic E-state index is 0.0325. The summed E-state index contributed by atoms with van der Waals surface area (Å²) in [6.07, 6.45) is 4.33. The fraction of sp³-hybridized carbons (Fsp3) is 0.500. The Morgan fingerprint density at radius 1 is 1.52 bits per heavy atom. The number of aromatic amines is 1. The maximum absolute atomic E-state index is 12.3. The first-order chi connectivity index (χ1) is 10.2. The van der Waals surface area contributed by atoms with Crippen LogP contribution in [-0.4, -0.2) is 47.2 Å². The minimum atomic E-state index is -0.0325. The van der Waals surface area contributed by atoms with Crippen molar-refractivity contribution >= 4 is 16.8 Å². The fourth-order valence-electron chi connectivity index (χ4n) is 3.07. The van der Waals surface area contributed by atoms with Crippen LogP contribution in [0.2, 0.25) is 0 Å². The number of likely N-dealkylation sites (tertiary alicyclic amines) is 1. The van der Waals surface area contributed by atoms with Gasteiger partial charge in [-0.2, -0.15) is 5.10 Å². The highest BCUT2D eigenvalue weighted by Gasteiger charge is 2.16. The molecule has 1 amide bonds. The van der Waals surface area contributed by atoms with Gasteiger partial charge in [-0.15, -0.1) is 0 Å². The van der Waals surface area contributed by atoms with E-state index in [-0.39, 0.29) is 5.91 Å². The molecule has 0 aliphatic carbocycles. The van der Waals surface area contributed by atoms with Crippen LogP contribution in [0.1, 0.15) is 30.1 Å². The molecule has 2 heterocycles. The summed E-state index contributed by atoms with van der Waals surface area (Å²) in [6, 6.07) is 5.67. The Kier molecular flexibility index (Phi) is 4.20. The summed E-state index contributed by atoms with van der Waals surface area (Å²) in [5.41, 5.74) is 1.47. The van der Waals surface area contributed by atoms with Crippen molar-refractivity contribution in [2.45, 2.75) is 19.8 Å². The van der Waals surface area contributed by atoms with Gasteiger partial charge < -0.3 is 10.2 Å². The summed E-state index contributed by atoms with van der Waals surface area (Å²) in [5, 5.41) is 10.9. The van der Waals surface area contributed by atoms with Gasteiger partial charge in [-0.25, -0.2) is 0 Å². The van der Waals surface area contributed by atoms with Gasteiger partial charge in [-0.3, -0.25) is 9.89 Å². The lowest BCUT2D eigenvalue weighted by Crippen LogP contribution is -2.40. The highest BCUT2D eigenvalue weighted by molar-refractivity contribution is 6.05. The number of fused-ring (bicyclic) bond motifs is 1. The highest BCUT2D eigenvalue weighted by Crippen LogP contribution is 2.16. The molecule has 3 rings (SSSR count). The molecule has 1 unspecified atom stereocenters. The fourth-order valence-corrected chi connectivity index (χ4v) is 3.07. The number of para-hydroxylation sites is 1. The molecule has 2 N–H and O–H groups in total. The van der Waals surface area contributed by atoms with Crippen LogP contribution in [0.3, 0.4) is 0 Å². The second-order valence-corrected chi connectivity index (χ2v) is 5.94. The van der Waals surface area contributed by atoms with Crippen molar-refractivity contribution < 1.29 is 4.79 Å². The summed E-state index contributed by atoms with van der Waals surface area (Å²) in [4.78, 5) is 14.7. The summed E-state index contributed by atoms with van der Waals surface area (Å²) in [6.45, 7) is 6.21. The molecule has 1 saturated heterocycles. The van der Waals surface area contributed by atoms with Gasteiger partial charge in [0.25, 0.3) is 5.91 Å². The monoisotopic (exact) mass is 286 g/mol. The van der Waals surface area contributed by atoms with Crippen molar-refractivity contribution in [1.29, 1.82) is 0 Å². The van der Waals surface area contributed by atoms with Crippen molar-refractivity contribution in [3.8, 4) is 0 Å². The smallest absolute Gasteiger partial charge is 0.253 e. The molecule has 1 aromatic carbocycles. The number of aromatic nitrogens is 2. The van der Waals surface area contributed by atoms with Crippen LogP contribution in [0, 0.1) is 5.92 Å². The number of benzene rings is 1. The lowest BCUT2D eigenvalue weighted by molar-refractivity contribution is 0.0945. The molecule has 112 valence electrons. The molecule has 5 heteroatoms. The second kappa shape index (κ2) is 6.26. The number of H-pyrrole nitrogens is 1. The van der Waals surface area contributed by atoms with Crippen molar-refractivity contribution in [1.82, 2.24) is 20.4 Å². The number of piperidine rings is 1. The number of carbonyl (C=O) groups is 1. The molecule has 2 aromatic rings. The molecule has 1 aliphatic heterocycles. The van der Waals surface area contributed by atoms with E-state index in [9.17, 15) is 4.79 Å². The van der Waals surface area contributed by atoms with Gasteiger partial charge >= 0.3 is 0 Å². The number of amides is 1. The van der Waals surface area contributed by atoms with E-state index in [0.717, 1.165) is 36.5 Å². The van der Waals surface area contributed by atoms with Crippen LogP contribution in [-0.2, 0) is 0 Å². The third kappa shape index (κ3) is 3.24. The highest BCUT2D eigenvalue weighted by atomic mass is 16.1. The van der Waals surface area contributed by atoms with E-state index >= 15 is 0 Å². The molecule has 0 spiro atoms. The van der Waals surface area contributed by atoms with Gasteiger partial charge in [-0.1, -0.05) is 19.1 Å². The Labute approximate surface area is 124 Å². The van der Waals surface area contributed by atoms with E-state index in [0.29, 0.717) is 12.1 Å². The lowest BCUT2D eigenvalue weighted by Gasteiger charge is -2.30. The Balaban J connectivity index is 1.56. The minimum Gasteiger partial charge on any atom is -0.351 e. The topological polar surface area (TPSA) is 61.0 Å². The van der Waals surface area contributed by atoms with Gasteiger partial charge in [0.1, 0.15) is 0 Å². The zero-order valence-corrected chi connectivity index (χ0v) is 12.4. The molecule has 0 saturated carbocycles. The maximum Gasteiger partial charge on any atom is 0.253 e.